The summed E-state index contributed by atoms with van der Waals surface area (Å²) in [7, 11) is 5.42. The third-order valence-corrected chi connectivity index (χ3v) is 12.6. The number of carbonyl (C=O) groups excluding carboxylic acids is 3. The van der Waals surface area contributed by atoms with E-state index in [1.807, 2.05) is 0 Å². The van der Waals surface area contributed by atoms with Gasteiger partial charge in [0.25, 0.3) is 0 Å². The number of allylic oxidation sites excluding steroid dienone is 12. The van der Waals surface area contributed by atoms with E-state index in [-0.39, 0.29) is 42.7 Å². The maximum atomic E-state index is 12.8. The average Bonchev–Trinajstić information content (AvgIpc) is 3.31. The Labute approximate surface area is 425 Å². The minimum Gasteiger partial charge on any atom is -0.544 e. The van der Waals surface area contributed by atoms with Gasteiger partial charge in [-0.1, -0.05) is 215 Å². The van der Waals surface area contributed by atoms with Gasteiger partial charge in [0, 0.05) is 19.3 Å². The lowest BCUT2D eigenvalue weighted by Crippen LogP contribution is -2.55. The molecule has 2 atom stereocenters. The minimum atomic E-state index is -1.13. The van der Waals surface area contributed by atoms with E-state index in [0.29, 0.717) is 12.8 Å². The fourth-order valence-electron chi connectivity index (χ4n) is 8.21. The van der Waals surface area contributed by atoms with E-state index in [0.717, 1.165) is 77.0 Å². The van der Waals surface area contributed by atoms with Gasteiger partial charge in [0.05, 0.1) is 40.3 Å². The number of rotatable bonds is 51. The van der Waals surface area contributed by atoms with E-state index in [1.54, 1.807) is 21.1 Å². The highest BCUT2D eigenvalue weighted by atomic mass is 16.6. The van der Waals surface area contributed by atoms with E-state index in [4.69, 9.17) is 14.2 Å². The first-order chi connectivity index (χ1) is 33.6. The molecule has 398 valence electrons. The van der Waals surface area contributed by atoms with Crippen LogP contribution < -0.4 is 5.11 Å². The second-order valence-electron chi connectivity index (χ2n) is 20.1. The van der Waals surface area contributed by atoms with Gasteiger partial charge < -0.3 is 28.6 Å². The lowest BCUT2D eigenvalue weighted by Gasteiger charge is -2.34. The topological polar surface area (TPSA) is 102 Å². The molecule has 2 unspecified atom stereocenters. The zero-order valence-electron chi connectivity index (χ0n) is 45.5. The quantitative estimate of drug-likeness (QED) is 0.0259. The molecule has 0 aromatic rings. The number of hydrogen-bond acceptors (Lipinski definition) is 7. The molecule has 0 amide bonds. The highest BCUT2D eigenvalue weighted by Crippen LogP contribution is 2.15. The van der Waals surface area contributed by atoms with Crippen LogP contribution in [0.3, 0.4) is 0 Å². The molecule has 0 aliphatic rings. The third kappa shape index (κ3) is 49.5. The fourth-order valence-corrected chi connectivity index (χ4v) is 8.21. The summed E-state index contributed by atoms with van der Waals surface area (Å²) >= 11 is 0. The highest BCUT2D eigenvalue weighted by Gasteiger charge is 2.25. The maximum absolute atomic E-state index is 12.8. The number of hydrogen-bond donors (Lipinski definition) is 0. The second kappa shape index (κ2) is 51.1. The first-order valence-electron chi connectivity index (χ1n) is 28.5. The molecule has 0 rings (SSSR count). The van der Waals surface area contributed by atoms with Crippen molar-refractivity contribution in [3.63, 3.8) is 0 Å². The molecule has 8 heteroatoms. The molecule has 0 radical (unpaired) electrons. The number of carbonyl (C=O) groups is 3. The van der Waals surface area contributed by atoms with Crippen molar-refractivity contribution in [1.82, 2.24) is 0 Å². The number of carboxylic acid groups (broad SMARTS) is 1. The van der Waals surface area contributed by atoms with E-state index in [9.17, 15) is 19.5 Å². The lowest BCUT2D eigenvalue weighted by molar-refractivity contribution is -0.889. The molecule has 69 heavy (non-hydrogen) atoms. The Balaban J connectivity index is 4.21. The first-order valence-corrected chi connectivity index (χ1v) is 28.5. The van der Waals surface area contributed by atoms with Crippen molar-refractivity contribution in [3.05, 3.63) is 72.9 Å². The van der Waals surface area contributed by atoms with Gasteiger partial charge in [0.2, 0.25) is 0 Å². The molecular formula is C61H107NO7. The van der Waals surface area contributed by atoms with Gasteiger partial charge in [-0.15, -0.1) is 0 Å². The Kier molecular flexibility index (Phi) is 48.7. The summed E-state index contributed by atoms with van der Waals surface area (Å²) in [5.74, 6) is -1.75. The Bertz CT molecular complexity index is 1360. The summed E-state index contributed by atoms with van der Waals surface area (Å²) in [6, 6.07) is -0.732. The molecular weight excluding hydrogens is 859 g/mol. The lowest BCUT2D eigenvalue weighted by atomic mass is 10.1. The molecule has 0 N–H and O–H groups in total. The second-order valence-corrected chi connectivity index (χ2v) is 20.1. The van der Waals surface area contributed by atoms with Gasteiger partial charge in [0.15, 0.2) is 6.10 Å². The molecule has 0 heterocycles. The van der Waals surface area contributed by atoms with Crippen LogP contribution >= 0.6 is 0 Å². The number of unbranched alkanes of at least 4 members (excludes halogenated alkanes) is 25. The molecule has 0 saturated carbocycles. The fraction of sp³-hybridized carbons (Fsp3) is 0.754. The van der Waals surface area contributed by atoms with Gasteiger partial charge in [-0.2, -0.15) is 0 Å². The average molecular weight is 967 g/mol. The van der Waals surface area contributed by atoms with Crippen molar-refractivity contribution in [2.75, 3.05) is 41.0 Å². The van der Waals surface area contributed by atoms with Gasteiger partial charge in [-0.25, -0.2) is 0 Å². The Morgan fingerprint density at radius 3 is 1.20 bits per heavy atom. The predicted molar refractivity (Wildman–Crippen MR) is 291 cm³/mol. The third-order valence-electron chi connectivity index (χ3n) is 12.6. The van der Waals surface area contributed by atoms with Gasteiger partial charge in [-0.3, -0.25) is 9.59 Å². The maximum Gasteiger partial charge on any atom is 0.306 e. The largest absolute Gasteiger partial charge is 0.544 e. The number of esters is 2. The van der Waals surface area contributed by atoms with Crippen LogP contribution in [0, 0.1) is 0 Å². The van der Waals surface area contributed by atoms with Crippen molar-refractivity contribution < 1.29 is 38.2 Å². The summed E-state index contributed by atoms with van der Waals surface area (Å²) in [5.41, 5.74) is 0. The molecule has 0 saturated heterocycles. The molecule has 0 spiro atoms. The predicted octanol–water partition coefficient (Wildman–Crippen LogP) is 15.7. The van der Waals surface area contributed by atoms with Crippen LogP contribution in [0.2, 0.25) is 0 Å². The smallest absolute Gasteiger partial charge is 0.306 e. The summed E-state index contributed by atoms with van der Waals surface area (Å²) in [6.45, 7) is 4.56. The summed E-state index contributed by atoms with van der Waals surface area (Å²) in [4.78, 5) is 37.2. The van der Waals surface area contributed by atoms with E-state index in [1.165, 1.54) is 135 Å². The normalized spacial score (nSPS) is 13.3. The summed E-state index contributed by atoms with van der Waals surface area (Å²) in [5, 5.41) is 11.7. The Morgan fingerprint density at radius 1 is 0.449 bits per heavy atom. The monoisotopic (exact) mass is 966 g/mol. The number of likely N-dealkylation sites (N-methyl/N-ethyl adjacent to an activating group) is 1. The van der Waals surface area contributed by atoms with Crippen LogP contribution in [0.4, 0.5) is 0 Å². The molecule has 0 fully saturated rings. The van der Waals surface area contributed by atoms with Gasteiger partial charge in [0.1, 0.15) is 12.6 Å². The van der Waals surface area contributed by atoms with Crippen LogP contribution in [-0.2, 0) is 28.6 Å². The number of ether oxygens (including phenoxy) is 3. The zero-order valence-corrected chi connectivity index (χ0v) is 45.5. The van der Waals surface area contributed by atoms with Crippen LogP contribution in [0.15, 0.2) is 72.9 Å². The number of carboxylic acids is 1. The van der Waals surface area contributed by atoms with Gasteiger partial charge >= 0.3 is 11.9 Å². The van der Waals surface area contributed by atoms with Crippen LogP contribution in [-0.4, -0.2) is 75.5 Å². The van der Waals surface area contributed by atoms with Crippen LogP contribution in [0.1, 0.15) is 245 Å². The van der Waals surface area contributed by atoms with Crippen molar-refractivity contribution in [3.8, 4) is 0 Å². The van der Waals surface area contributed by atoms with E-state index < -0.39 is 18.1 Å². The van der Waals surface area contributed by atoms with Crippen LogP contribution in [0.25, 0.3) is 0 Å². The van der Waals surface area contributed by atoms with Crippen molar-refractivity contribution in [2.45, 2.75) is 257 Å². The van der Waals surface area contributed by atoms with Crippen molar-refractivity contribution in [1.29, 1.82) is 0 Å². The van der Waals surface area contributed by atoms with Crippen molar-refractivity contribution >= 4 is 17.9 Å². The molecule has 0 aliphatic carbocycles. The van der Waals surface area contributed by atoms with E-state index in [2.05, 4.69) is 86.8 Å². The Morgan fingerprint density at radius 2 is 0.812 bits per heavy atom. The van der Waals surface area contributed by atoms with E-state index >= 15 is 0 Å². The SMILES string of the molecule is CC/C=C/C/C=C/C/C=C/C/C=C/CCCCCCCCCCCCC(=O)OCC(COCCC(C(=O)[O-])[N+](C)(C)C)OC(=O)CCCCCCCCC/C=C/C/C=C/CCCCCCCCCC. The molecule has 8 nitrogen and oxygen atoms in total. The first kappa shape index (κ1) is 65.8. The molecule has 0 bridgehead atoms. The number of quaternary nitrogens is 1. The highest BCUT2D eigenvalue weighted by molar-refractivity contribution is 5.70. The zero-order chi connectivity index (χ0) is 50.6. The Hall–Kier alpha value is -3.23. The van der Waals surface area contributed by atoms with Gasteiger partial charge in [-0.05, 0) is 83.5 Å². The minimum absolute atomic E-state index is 0.0342. The van der Waals surface area contributed by atoms with Crippen molar-refractivity contribution in [2.24, 2.45) is 0 Å². The van der Waals surface area contributed by atoms with Crippen LogP contribution in [0.5, 0.6) is 0 Å². The summed E-state index contributed by atoms with van der Waals surface area (Å²) in [6.07, 6.45) is 66.5. The standard InChI is InChI=1S/C61H107NO7/c1-6-8-10-12-14-16-18-20-22-24-26-28-30-32-33-35-37-39-41-43-45-47-49-51-59(63)68-56-57(55-67-54-53-58(61(65)66)62(3,4)5)69-60(64)52-50-48-46-44-42-40-38-36-34-31-29-27-25-23-21-19-17-15-13-11-9-7-2/h8,10,14,16,20,22,25-28,31,34,57-58H,6-7,9,11-13,15,17-19,21,23-24,29-30,32-33,35-56H2,1-5H3/b10-8+,16-14+,22-20+,27-25+,28-26+,34-31+. The summed E-state index contributed by atoms with van der Waals surface area (Å²) < 4.78 is 17.3. The molecule has 0 aliphatic heterocycles. The molecule has 0 aromatic heterocycles. The molecule has 0 aromatic carbocycles. The number of aliphatic carboxylic acids is 1. The number of nitrogens with zero attached hydrogens (tertiary/aromatic N) is 1.